The van der Waals surface area contributed by atoms with Crippen molar-refractivity contribution in [3.63, 3.8) is 0 Å². The Kier molecular flexibility index (Phi) is 4.40. The molecule has 3 aromatic heterocycles. The van der Waals surface area contributed by atoms with Gasteiger partial charge in [-0.15, -0.1) is 0 Å². The minimum absolute atomic E-state index is 0.0311. The van der Waals surface area contributed by atoms with E-state index in [0.717, 1.165) is 5.56 Å². The van der Waals surface area contributed by atoms with Gasteiger partial charge in [0, 0.05) is 18.9 Å². The molecule has 0 radical (unpaired) electrons. The number of amides is 1. The van der Waals surface area contributed by atoms with Crippen LogP contribution in [0.1, 0.15) is 28.8 Å². The lowest BCUT2D eigenvalue weighted by atomic mass is 10.2. The van der Waals surface area contributed by atoms with Gasteiger partial charge >= 0.3 is 6.18 Å². The summed E-state index contributed by atoms with van der Waals surface area (Å²) in [7, 11) is 0. The molecule has 1 N–H and O–H groups in total. The van der Waals surface area contributed by atoms with Gasteiger partial charge in [0.25, 0.3) is 5.91 Å². The van der Waals surface area contributed by atoms with Crippen LogP contribution in [0.3, 0.4) is 0 Å². The third-order valence-electron chi connectivity index (χ3n) is 4.66. The Labute approximate surface area is 158 Å². The summed E-state index contributed by atoms with van der Waals surface area (Å²) in [4.78, 5) is 22.2. The quantitative estimate of drug-likeness (QED) is 0.743. The van der Waals surface area contributed by atoms with Gasteiger partial charge in [0.05, 0.1) is 18.1 Å². The second kappa shape index (κ2) is 6.77. The van der Waals surface area contributed by atoms with Crippen molar-refractivity contribution < 1.29 is 18.0 Å². The van der Waals surface area contributed by atoms with E-state index in [1.54, 1.807) is 12.3 Å². The molecule has 1 fully saturated rings. The Balaban J connectivity index is 1.66. The molecule has 7 nitrogen and oxygen atoms in total. The SMILES string of the molecule is Cc1cncc(NC(=O)c2cnn3ccc(N4CCC[C@@H]4C(F)(F)F)nc23)c1. The molecule has 10 heteroatoms. The van der Waals surface area contributed by atoms with Crippen LogP contribution in [0.4, 0.5) is 24.7 Å². The molecule has 1 saturated heterocycles. The fraction of sp³-hybridized carbons (Fsp3) is 0.333. The van der Waals surface area contributed by atoms with E-state index in [1.165, 1.54) is 34.1 Å². The Morgan fingerprint density at radius 3 is 2.86 bits per heavy atom. The summed E-state index contributed by atoms with van der Waals surface area (Å²) in [5.41, 5.74) is 1.76. The molecule has 0 saturated carbocycles. The number of hydrogen-bond donors (Lipinski definition) is 1. The van der Waals surface area contributed by atoms with Crippen molar-refractivity contribution in [3.05, 3.63) is 48.0 Å². The van der Waals surface area contributed by atoms with Crippen molar-refractivity contribution in [1.82, 2.24) is 19.6 Å². The standard InChI is InChI=1S/C18H17F3N6O/c1-11-7-12(9-22-8-11)24-17(28)13-10-23-27-6-4-15(25-16(13)27)26-5-2-3-14(26)18(19,20)21/h4,6-10,14H,2-3,5H2,1H3,(H,24,28)/t14-/m1/s1. The minimum Gasteiger partial charge on any atom is -0.344 e. The number of nitrogens with zero attached hydrogens (tertiary/aromatic N) is 5. The molecule has 0 bridgehead atoms. The largest absolute Gasteiger partial charge is 0.408 e. The fourth-order valence-corrected chi connectivity index (χ4v) is 3.38. The lowest BCUT2D eigenvalue weighted by Gasteiger charge is -2.27. The molecule has 0 aromatic carbocycles. The summed E-state index contributed by atoms with van der Waals surface area (Å²) in [6.45, 7) is 2.11. The topological polar surface area (TPSA) is 75.4 Å². The van der Waals surface area contributed by atoms with E-state index in [4.69, 9.17) is 0 Å². The lowest BCUT2D eigenvalue weighted by Crippen LogP contribution is -2.41. The summed E-state index contributed by atoms with van der Waals surface area (Å²) in [6, 6.07) is 1.67. The van der Waals surface area contributed by atoms with Crippen molar-refractivity contribution in [3.8, 4) is 0 Å². The summed E-state index contributed by atoms with van der Waals surface area (Å²) < 4.78 is 41.2. The zero-order chi connectivity index (χ0) is 19.9. The number of rotatable bonds is 3. The smallest absolute Gasteiger partial charge is 0.344 e. The number of halogens is 3. The Morgan fingerprint density at radius 1 is 1.29 bits per heavy atom. The zero-order valence-corrected chi connectivity index (χ0v) is 14.9. The van der Waals surface area contributed by atoms with Crippen molar-refractivity contribution in [2.75, 3.05) is 16.8 Å². The molecule has 146 valence electrons. The molecule has 1 aliphatic heterocycles. The van der Waals surface area contributed by atoms with E-state index >= 15 is 0 Å². The first-order valence-corrected chi connectivity index (χ1v) is 8.74. The van der Waals surface area contributed by atoms with Crippen molar-refractivity contribution in [2.45, 2.75) is 32.0 Å². The number of aryl methyl sites for hydroxylation is 1. The van der Waals surface area contributed by atoms with Gasteiger partial charge < -0.3 is 10.2 Å². The van der Waals surface area contributed by atoms with E-state index in [-0.39, 0.29) is 30.0 Å². The molecular formula is C18H17F3N6O. The van der Waals surface area contributed by atoms with Gasteiger partial charge in [0.1, 0.15) is 17.4 Å². The summed E-state index contributed by atoms with van der Waals surface area (Å²) in [5.74, 6) is -0.278. The molecule has 0 spiro atoms. The predicted octanol–water partition coefficient (Wildman–Crippen LogP) is 3.22. The van der Waals surface area contributed by atoms with Gasteiger partial charge in [0.2, 0.25) is 0 Å². The molecule has 1 amide bonds. The van der Waals surface area contributed by atoms with Crippen molar-refractivity contribution >= 4 is 23.1 Å². The second-order valence-electron chi connectivity index (χ2n) is 6.71. The van der Waals surface area contributed by atoms with Crippen LogP contribution in [0.25, 0.3) is 5.65 Å². The van der Waals surface area contributed by atoms with Gasteiger partial charge in [-0.25, -0.2) is 9.50 Å². The zero-order valence-electron chi connectivity index (χ0n) is 14.9. The molecule has 4 rings (SSSR count). The molecular weight excluding hydrogens is 373 g/mol. The maximum absolute atomic E-state index is 13.3. The first-order valence-electron chi connectivity index (χ1n) is 8.74. The van der Waals surface area contributed by atoms with Gasteiger partial charge in [-0.2, -0.15) is 18.3 Å². The Bertz CT molecular complexity index is 1030. The average Bonchev–Trinajstić information content (AvgIpc) is 3.28. The molecule has 0 unspecified atom stereocenters. The van der Waals surface area contributed by atoms with E-state index in [9.17, 15) is 18.0 Å². The van der Waals surface area contributed by atoms with Gasteiger partial charge in [-0.05, 0) is 37.5 Å². The molecule has 4 heterocycles. The Hall–Kier alpha value is -3.17. The number of pyridine rings is 1. The van der Waals surface area contributed by atoms with E-state index in [2.05, 4.69) is 20.4 Å². The molecule has 28 heavy (non-hydrogen) atoms. The van der Waals surface area contributed by atoms with Crippen LogP contribution >= 0.6 is 0 Å². The van der Waals surface area contributed by atoms with Crippen LogP contribution in [0.2, 0.25) is 0 Å². The average molecular weight is 390 g/mol. The number of carbonyl (C=O) groups is 1. The third kappa shape index (κ3) is 3.37. The van der Waals surface area contributed by atoms with Crippen molar-refractivity contribution in [1.29, 1.82) is 0 Å². The number of carbonyl (C=O) groups excluding carboxylic acids is 1. The number of aromatic nitrogens is 4. The fourth-order valence-electron chi connectivity index (χ4n) is 3.38. The van der Waals surface area contributed by atoms with Crippen LogP contribution in [0.15, 0.2) is 36.9 Å². The van der Waals surface area contributed by atoms with Crippen LogP contribution in [0, 0.1) is 6.92 Å². The van der Waals surface area contributed by atoms with Crippen molar-refractivity contribution in [2.24, 2.45) is 0 Å². The highest BCUT2D eigenvalue weighted by Gasteiger charge is 2.46. The minimum atomic E-state index is -4.33. The predicted molar refractivity (Wildman–Crippen MR) is 96.3 cm³/mol. The summed E-state index contributed by atoms with van der Waals surface area (Å²) >= 11 is 0. The van der Waals surface area contributed by atoms with Crippen LogP contribution < -0.4 is 10.2 Å². The van der Waals surface area contributed by atoms with E-state index < -0.39 is 18.1 Å². The third-order valence-corrected chi connectivity index (χ3v) is 4.66. The monoisotopic (exact) mass is 390 g/mol. The number of alkyl halides is 3. The number of fused-ring (bicyclic) bond motifs is 1. The highest BCUT2D eigenvalue weighted by molar-refractivity contribution is 6.08. The van der Waals surface area contributed by atoms with Crippen LogP contribution in [-0.4, -0.2) is 44.3 Å². The van der Waals surface area contributed by atoms with Crippen LogP contribution in [-0.2, 0) is 0 Å². The van der Waals surface area contributed by atoms with E-state index in [0.29, 0.717) is 12.1 Å². The van der Waals surface area contributed by atoms with Gasteiger partial charge in [-0.3, -0.25) is 9.78 Å². The first kappa shape index (κ1) is 18.2. The maximum Gasteiger partial charge on any atom is 0.408 e. The molecule has 1 aliphatic rings. The van der Waals surface area contributed by atoms with Crippen LogP contribution in [0.5, 0.6) is 0 Å². The number of nitrogens with one attached hydrogen (secondary N) is 1. The van der Waals surface area contributed by atoms with Gasteiger partial charge in [-0.1, -0.05) is 0 Å². The summed E-state index contributed by atoms with van der Waals surface area (Å²) in [5, 5.41) is 6.78. The number of anilines is 2. The maximum atomic E-state index is 13.3. The first-order chi connectivity index (χ1) is 13.3. The second-order valence-corrected chi connectivity index (χ2v) is 6.71. The summed E-state index contributed by atoms with van der Waals surface area (Å²) in [6.07, 6.45) is 2.15. The Morgan fingerprint density at radius 2 is 2.11 bits per heavy atom. The van der Waals surface area contributed by atoms with E-state index in [1.807, 2.05) is 6.92 Å². The lowest BCUT2D eigenvalue weighted by molar-refractivity contribution is -0.146. The number of hydrogen-bond acceptors (Lipinski definition) is 5. The molecule has 1 atom stereocenters. The van der Waals surface area contributed by atoms with Gasteiger partial charge in [0.15, 0.2) is 5.65 Å². The molecule has 3 aromatic rings. The highest BCUT2D eigenvalue weighted by Crippen LogP contribution is 2.35. The normalized spacial score (nSPS) is 17.3. The highest BCUT2D eigenvalue weighted by atomic mass is 19.4. The molecule has 0 aliphatic carbocycles.